The van der Waals surface area contributed by atoms with E-state index in [-0.39, 0.29) is 12.4 Å². The lowest BCUT2D eigenvalue weighted by atomic mass is 9.91. The number of rotatable bonds is 9. The molecule has 0 heterocycles. The van der Waals surface area contributed by atoms with E-state index >= 15 is 0 Å². The van der Waals surface area contributed by atoms with Crippen molar-refractivity contribution in [2.45, 2.75) is 38.5 Å². The largest absolute Gasteiger partial charge is 0.462 e. The molecule has 2 N–H and O–H groups in total. The Morgan fingerprint density at radius 1 is 0.967 bits per heavy atom. The Morgan fingerprint density at radius 3 is 2.10 bits per heavy atom. The van der Waals surface area contributed by atoms with Crippen molar-refractivity contribution in [1.29, 1.82) is 0 Å². The Morgan fingerprint density at radius 2 is 1.57 bits per heavy atom. The highest BCUT2D eigenvalue weighted by Crippen LogP contribution is 2.25. The van der Waals surface area contributed by atoms with Gasteiger partial charge in [0, 0.05) is 0 Å². The Kier molecular flexibility index (Phi) is 7.96. The highest BCUT2D eigenvalue weighted by atomic mass is 32.2. The summed E-state index contributed by atoms with van der Waals surface area (Å²) >= 11 is 0. The zero-order valence-corrected chi connectivity index (χ0v) is 17.8. The van der Waals surface area contributed by atoms with Gasteiger partial charge in [-0.25, -0.2) is 0 Å². The molecule has 8 nitrogen and oxygen atoms in total. The summed E-state index contributed by atoms with van der Waals surface area (Å²) in [7, 11) is -3.70. The number of ether oxygens (including phenoxy) is 2. The molecule has 162 valence electrons. The molecule has 0 radical (unpaired) electrons. The summed E-state index contributed by atoms with van der Waals surface area (Å²) in [6.45, 7) is 3.37. The summed E-state index contributed by atoms with van der Waals surface area (Å²) in [4.78, 5) is 25.2. The molecule has 2 atom stereocenters. The first-order valence-electron chi connectivity index (χ1n) is 9.23. The molecule has 0 fully saturated rings. The quantitative estimate of drug-likeness (QED) is 0.470. The van der Waals surface area contributed by atoms with Gasteiger partial charge in [-0.15, -0.1) is 0 Å². The van der Waals surface area contributed by atoms with E-state index in [9.17, 15) is 18.0 Å². The Balaban J connectivity index is 2.21. The average molecular weight is 435 g/mol. The summed E-state index contributed by atoms with van der Waals surface area (Å²) in [5.41, 5.74) is 7.22. The lowest BCUT2D eigenvalue weighted by Crippen LogP contribution is -2.42. The molecule has 2 aromatic carbocycles. The lowest BCUT2D eigenvalue weighted by Gasteiger charge is -2.23. The van der Waals surface area contributed by atoms with E-state index in [1.165, 1.54) is 24.3 Å². The van der Waals surface area contributed by atoms with E-state index in [2.05, 4.69) is 0 Å². The van der Waals surface area contributed by atoms with Crippen molar-refractivity contribution in [3.63, 3.8) is 0 Å². The maximum absolute atomic E-state index is 12.7. The summed E-state index contributed by atoms with van der Waals surface area (Å²) in [6.07, 6.45) is 0.503. The number of benzene rings is 2. The Labute approximate surface area is 176 Å². The molecule has 2 unspecified atom stereocenters. The van der Waals surface area contributed by atoms with Crippen molar-refractivity contribution in [3.05, 3.63) is 65.7 Å². The fraction of sp³-hybridized carbons (Fsp3) is 0.333. The van der Waals surface area contributed by atoms with Crippen LogP contribution in [-0.2, 0) is 35.8 Å². The van der Waals surface area contributed by atoms with Gasteiger partial charge in [0.05, 0.1) is 12.4 Å². The van der Waals surface area contributed by atoms with Crippen molar-refractivity contribution in [1.82, 2.24) is 0 Å². The van der Waals surface area contributed by atoms with Crippen LogP contribution in [0.3, 0.4) is 0 Å². The maximum atomic E-state index is 12.7. The predicted molar refractivity (Wildman–Crippen MR) is 110 cm³/mol. The highest BCUT2D eigenvalue weighted by molar-refractivity contribution is 7.86. The zero-order valence-electron chi connectivity index (χ0n) is 17.0. The molecule has 0 saturated carbocycles. The van der Waals surface area contributed by atoms with Gasteiger partial charge in [0.1, 0.15) is 24.3 Å². The summed E-state index contributed by atoms with van der Waals surface area (Å²) in [6, 6.07) is 13.4. The molecular formula is C21H25NO7S. The lowest BCUT2D eigenvalue weighted by molar-refractivity contribution is -0.156. The van der Waals surface area contributed by atoms with E-state index in [0.29, 0.717) is 5.56 Å². The van der Waals surface area contributed by atoms with Crippen molar-refractivity contribution in [3.8, 4) is 5.75 Å². The van der Waals surface area contributed by atoms with Gasteiger partial charge in [-0.3, -0.25) is 9.59 Å². The average Bonchev–Trinajstić information content (AvgIpc) is 2.66. The predicted octanol–water partition coefficient (Wildman–Crippen LogP) is 2.13. The molecule has 30 heavy (non-hydrogen) atoms. The van der Waals surface area contributed by atoms with Crippen LogP contribution < -0.4 is 9.92 Å². The summed E-state index contributed by atoms with van der Waals surface area (Å²) in [5, 5.41) is 0. The smallest absolute Gasteiger partial charge is 0.324 e. The molecule has 0 spiro atoms. The molecule has 0 aliphatic heterocycles. The second-order valence-corrected chi connectivity index (χ2v) is 8.51. The van der Waals surface area contributed by atoms with Crippen LogP contribution in [0.1, 0.15) is 30.9 Å². The third-order valence-corrected chi connectivity index (χ3v) is 4.44. The molecule has 0 aliphatic rings. The molecule has 0 saturated heterocycles. The van der Waals surface area contributed by atoms with Gasteiger partial charge in [-0.05, 0) is 37.1 Å². The van der Waals surface area contributed by atoms with Crippen LogP contribution in [0.25, 0.3) is 0 Å². The van der Waals surface area contributed by atoms with Gasteiger partial charge in [0.25, 0.3) is 0 Å². The second-order valence-electron chi connectivity index (χ2n) is 6.94. The molecule has 0 aromatic heterocycles. The van der Waals surface area contributed by atoms with Crippen LogP contribution in [0.15, 0.2) is 54.6 Å². The topological polar surface area (TPSA) is 122 Å². The van der Waals surface area contributed by atoms with Crippen LogP contribution in [0.5, 0.6) is 5.75 Å². The van der Waals surface area contributed by atoms with Crippen molar-refractivity contribution < 1.29 is 31.7 Å². The minimum absolute atomic E-state index is 0.0143. The zero-order chi connectivity index (χ0) is 22.3. The maximum Gasteiger partial charge on any atom is 0.324 e. The standard InChI is InChI=1S/C21H25NO7S/c1-14(2)28-20(23)18(16-9-11-17(12-10-16)29-30(3,25)26)19(22)21(24)27-13-15-7-5-4-6-8-15/h4-12,14,18-19H,13,22H2,1-3H3. The van der Waals surface area contributed by atoms with Gasteiger partial charge in [0.15, 0.2) is 0 Å². The van der Waals surface area contributed by atoms with E-state index in [4.69, 9.17) is 19.4 Å². The molecule has 2 aromatic rings. The van der Waals surface area contributed by atoms with Gasteiger partial charge < -0.3 is 19.4 Å². The van der Waals surface area contributed by atoms with E-state index in [1.807, 2.05) is 18.2 Å². The fourth-order valence-corrected chi connectivity index (χ4v) is 3.12. The normalized spacial score (nSPS) is 13.4. The molecule has 2 rings (SSSR count). The number of carbonyl (C=O) groups is 2. The van der Waals surface area contributed by atoms with Crippen molar-refractivity contribution in [2.75, 3.05) is 6.26 Å². The van der Waals surface area contributed by atoms with Gasteiger partial charge in [-0.2, -0.15) is 8.42 Å². The number of hydrogen-bond donors (Lipinski definition) is 1. The summed E-state index contributed by atoms with van der Waals surface area (Å²) < 4.78 is 37.8. The number of hydrogen-bond acceptors (Lipinski definition) is 8. The minimum Gasteiger partial charge on any atom is -0.462 e. The molecular weight excluding hydrogens is 410 g/mol. The van der Waals surface area contributed by atoms with E-state index in [0.717, 1.165) is 11.8 Å². The van der Waals surface area contributed by atoms with E-state index < -0.39 is 40.1 Å². The second kappa shape index (κ2) is 10.2. The monoisotopic (exact) mass is 435 g/mol. The van der Waals surface area contributed by atoms with Gasteiger partial charge in [-0.1, -0.05) is 42.5 Å². The number of esters is 2. The van der Waals surface area contributed by atoms with Crippen LogP contribution in [-0.4, -0.2) is 38.8 Å². The first-order chi connectivity index (χ1) is 14.1. The molecule has 0 bridgehead atoms. The van der Waals surface area contributed by atoms with Gasteiger partial charge >= 0.3 is 22.1 Å². The fourth-order valence-electron chi connectivity index (χ4n) is 2.66. The number of carbonyl (C=O) groups excluding carboxylic acids is 2. The third-order valence-electron chi connectivity index (χ3n) is 3.95. The first kappa shape index (κ1) is 23.4. The molecule has 9 heteroatoms. The van der Waals surface area contributed by atoms with Crippen LogP contribution in [0.4, 0.5) is 0 Å². The molecule has 0 amide bonds. The summed E-state index contributed by atoms with van der Waals surface area (Å²) in [5.74, 6) is -2.52. The van der Waals surface area contributed by atoms with Crippen molar-refractivity contribution >= 4 is 22.1 Å². The SMILES string of the molecule is CC(C)OC(=O)C(c1ccc(OS(C)(=O)=O)cc1)C(N)C(=O)OCc1ccccc1. The number of nitrogens with two attached hydrogens (primary N) is 1. The highest BCUT2D eigenvalue weighted by Gasteiger charge is 2.35. The third kappa shape index (κ3) is 7.16. The van der Waals surface area contributed by atoms with E-state index in [1.54, 1.807) is 26.0 Å². The first-order valence-corrected chi connectivity index (χ1v) is 11.0. The molecule has 0 aliphatic carbocycles. The van der Waals surface area contributed by atoms with Crippen LogP contribution >= 0.6 is 0 Å². The Bertz CT molecular complexity index is 957. The minimum atomic E-state index is -3.70. The van der Waals surface area contributed by atoms with Crippen LogP contribution in [0.2, 0.25) is 0 Å². The Hall–Kier alpha value is -2.91. The van der Waals surface area contributed by atoms with Gasteiger partial charge in [0.2, 0.25) is 0 Å². The van der Waals surface area contributed by atoms with Crippen LogP contribution in [0, 0.1) is 0 Å². The van der Waals surface area contributed by atoms with Crippen molar-refractivity contribution in [2.24, 2.45) is 5.73 Å².